The van der Waals surface area contributed by atoms with Gasteiger partial charge in [-0.15, -0.1) is 0 Å². The maximum Gasteiger partial charge on any atom is 0.485 e. The van der Waals surface area contributed by atoms with Gasteiger partial charge in [0.25, 0.3) is 0 Å². The summed E-state index contributed by atoms with van der Waals surface area (Å²) in [6.07, 6.45) is 6.44. The third kappa shape index (κ3) is 6.27. The molecular weight excluding hydrogens is 281 g/mol. The summed E-state index contributed by atoms with van der Waals surface area (Å²) in [6, 6.07) is 0. The molecule has 0 aliphatic heterocycles. The number of halogens is 3. The van der Waals surface area contributed by atoms with Crippen LogP contribution in [0.2, 0.25) is 0 Å². The molecule has 0 spiro atoms. The minimum atomic E-state index is -6.09. The van der Waals surface area contributed by atoms with E-state index in [4.69, 9.17) is 13.0 Å². The van der Waals surface area contributed by atoms with Crippen LogP contribution in [0.4, 0.5) is 13.2 Å². The number of rotatable bonds is 1. The second-order valence-corrected chi connectivity index (χ2v) is 5.90. The maximum absolute atomic E-state index is 11.0. The average Bonchev–Trinajstić information content (AvgIpc) is 2.16. The molecule has 1 rings (SSSR count). The van der Waals surface area contributed by atoms with Gasteiger partial charge in [0.15, 0.2) is 21.2 Å². The average molecular weight is 294 g/mol. The van der Waals surface area contributed by atoms with Gasteiger partial charge in [0.1, 0.15) is 0 Å². The van der Waals surface area contributed by atoms with E-state index in [0.29, 0.717) is 11.0 Å². The molecule has 1 atom stereocenters. The first-order valence-corrected chi connectivity index (χ1v) is 7.55. The molecule has 0 radical (unpaired) electrons. The quantitative estimate of drug-likeness (QED) is 0.313. The molecule has 4 nitrogen and oxygen atoms in total. The first kappa shape index (κ1) is 16.7. The van der Waals surface area contributed by atoms with Gasteiger partial charge in [-0.3, -0.25) is 4.79 Å². The number of Topliss-reactive ketones (excluding diaryl/α,β-unsaturated/α-hetero) is 1. The summed E-state index contributed by atoms with van der Waals surface area (Å²) < 4.78 is 58.9. The van der Waals surface area contributed by atoms with Crippen molar-refractivity contribution in [1.82, 2.24) is 0 Å². The fraction of sp³-hybridized carbons (Fsp3) is 0.875. The van der Waals surface area contributed by atoms with Gasteiger partial charge in [-0.05, 0) is 24.6 Å². The summed E-state index contributed by atoms with van der Waals surface area (Å²) in [7, 11) is -6.09. The zero-order valence-electron chi connectivity index (χ0n) is 9.03. The lowest BCUT2D eigenvalue weighted by atomic mass is 9.99. The second kappa shape index (κ2) is 6.60. The predicted molar refractivity (Wildman–Crippen MR) is 57.7 cm³/mol. The van der Waals surface area contributed by atoms with E-state index in [0.717, 1.165) is 19.3 Å². The first-order valence-electron chi connectivity index (χ1n) is 4.73. The molecule has 0 heterocycles. The predicted octanol–water partition coefficient (Wildman–Crippen LogP) is 0.994. The van der Waals surface area contributed by atoms with Crippen LogP contribution in [0.5, 0.6) is 0 Å². The Hall–Kier alpha value is -0.280. The van der Waals surface area contributed by atoms with Crippen molar-refractivity contribution in [2.45, 2.75) is 36.4 Å². The fourth-order valence-corrected chi connectivity index (χ4v) is 2.10. The third-order valence-electron chi connectivity index (χ3n) is 2.12. The van der Waals surface area contributed by atoms with Crippen molar-refractivity contribution in [2.24, 2.45) is 0 Å². The summed E-state index contributed by atoms with van der Waals surface area (Å²) >= 11 is 1.27. The van der Waals surface area contributed by atoms with E-state index in [1.165, 1.54) is 18.2 Å². The van der Waals surface area contributed by atoms with Gasteiger partial charge < -0.3 is 4.55 Å². The van der Waals surface area contributed by atoms with Crippen LogP contribution >= 0.6 is 0 Å². The van der Waals surface area contributed by atoms with Crippen LogP contribution in [0.25, 0.3) is 0 Å². The third-order valence-corrected chi connectivity index (χ3v) is 3.85. The van der Waals surface area contributed by atoms with Crippen molar-refractivity contribution >= 4 is 27.7 Å². The Balaban J connectivity index is 0.000000304. The van der Waals surface area contributed by atoms with Crippen LogP contribution in [0.15, 0.2) is 0 Å². The lowest BCUT2D eigenvalue weighted by Crippen LogP contribution is -2.25. The number of hydrogen-bond donors (Lipinski definition) is 0. The number of carbonyl (C=O) groups is 1. The molecule has 0 amide bonds. The molecule has 0 saturated heterocycles. The highest BCUT2D eigenvalue weighted by Gasteiger charge is 2.36. The molecule has 9 heteroatoms. The molecular formula is C8H13F3O4S2. The van der Waals surface area contributed by atoms with E-state index in [-0.39, 0.29) is 0 Å². The molecule has 17 heavy (non-hydrogen) atoms. The fourth-order valence-electron chi connectivity index (χ4n) is 1.24. The molecule has 1 fully saturated rings. The lowest BCUT2D eigenvalue weighted by Gasteiger charge is -2.12. The molecule has 0 aromatic rings. The smallest absolute Gasteiger partial charge is 0.485 e. The summed E-state index contributed by atoms with van der Waals surface area (Å²) in [5, 5.41) is 0.388. The largest absolute Gasteiger partial charge is 0.741 e. The summed E-state index contributed by atoms with van der Waals surface area (Å²) in [6.45, 7) is 0. The lowest BCUT2D eigenvalue weighted by molar-refractivity contribution is -0.119. The van der Waals surface area contributed by atoms with Crippen LogP contribution in [0.3, 0.4) is 0 Å². The van der Waals surface area contributed by atoms with E-state index in [2.05, 4.69) is 6.26 Å². The minimum absolute atomic E-state index is 0.388. The van der Waals surface area contributed by atoms with Crippen LogP contribution in [0, 0.1) is 0 Å². The Labute approximate surface area is 102 Å². The monoisotopic (exact) mass is 294 g/mol. The summed E-state index contributed by atoms with van der Waals surface area (Å²) in [4.78, 5) is 11.0. The van der Waals surface area contributed by atoms with Gasteiger partial charge in [-0.25, -0.2) is 8.42 Å². The highest BCUT2D eigenvalue weighted by atomic mass is 32.2. The standard InChI is InChI=1S/C7H12OS.CHF3O3S/c1-9-7-5-3-2-4-6(7)8;2-1(3,4)8(5,6)7/h7H,2-5H2,1H3;(H,5,6,7). The zero-order valence-corrected chi connectivity index (χ0v) is 10.7. The van der Waals surface area contributed by atoms with Crippen LogP contribution in [0.1, 0.15) is 25.7 Å². The van der Waals surface area contributed by atoms with E-state index in [1.807, 2.05) is 0 Å². The Bertz CT molecular complexity index is 350. The van der Waals surface area contributed by atoms with Gasteiger partial charge in [0, 0.05) is 12.8 Å². The Morgan fingerprint density at radius 1 is 1.35 bits per heavy atom. The second-order valence-electron chi connectivity index (χ2n) is 3.39. The van der Waals surface area contributed by atoms with Crippen molar-refractivity contribution < 1.29 is 30.9 Å². The van der Waals surface area contributed by atoms with Crippen LogP contribution in [-0.4, -0.2) is 35.8 Å². The maximum atomic E-state index is 11.0. The molecule has 1 aliphatic rings. The SMILES string of the molecule is C[SH+]C1CCCCC1=O.O=S(=O)([O-])C(F)(F)F. The number of hydrogen-bond acceptors (Lipinski definition) is 4. The Morgan fingerprint density at radius 3 is 2.06 bits per heavy atom. The number of thiol groups is 1. The minimum Gasteiger partial charge on any atom is -0.741 e. The Morgan fingerprint density at radius 2 is 1.82 bits per heavy atom. The van der Waals surface area contributed by atoms with Gasteiger partial charge in [-0.1, -0.05) is 0 Å². The van der Waals surface area contributed by atoms with Gasteiger partial charge in [-0.2, -0.15) is 13.2 Å². The Kier molecular flexibility index (Phi) is 6.49. The van der Waals surface area contributed by atoms with Crippen molar-refractivity contribution in [3.63, 3.8) is 0 Å². The summed E-state index contributed by atoms with van der Waals surface area (Å²) in [5.74, 6) is 0.491. The normalized spacial score (nSPS) is 21.7. The van der Waals surface area contributed by atoms with Gasteiger partial charge >= 0.3 is 5.51 Å². The highest BCUT2D eigenvalue weighted by Crippen LogP contribution is 2.20. The molecule has 1 saturated carbocycles. The summed E-state index contributed by atoms with van der Waals surface area (Å²) in [5.41, 5.74) is -5.65. The topological polar surface area (TPSA) is 74.3 Å². The number of carbonyl (C=O) groups excluding carboxylic acids is 1. The van der Waals surface area contributed by atoms with E-state index >= 15 is 0 Å². The van der Waals surface area contributed by atoms with Crippen LogP contribution in [-0.2, 0) is 26.7 Å². The van der Waals surface area contributed by atoms with E-state index in [9.17, 15) is 18.0 Å². The molecule has 102 valence electrons. The zero-order chi connectivity index (χ0) is 13.7. The van der Waals surface area contributed by atoms with Crippen molar-refractivity contribution in [3.8, 4) is 0 Å². The van der Waals surface area contributed by atoms with Crippen molar-refractivity contribution in [1.29, 1.82) is 0 Å². The number of ketones is 1. The van der Waals surface area contributed by atoms with E-state index < -0.39 is 15.6 Å². The first-order chi connectivity index (χ1) is 7.59. The number of alkyl halides is 3. The molecule has 1 aliphatic carbocycles. The van der Waals surface area contributed by atoms with Gasteiger partial charge in [0.2, 0.25) is 0 Å². The highest BCUT2D eigenvalue weighted by molar-refractivity contribution is 7.86. The molecule has 0 bridgehead atoms. The van der Waals surface area contributed by atoms with E-state index in [1.54, 1.807) is 0 Å². The molecule has 1 unspecified atom stereocenters. The molecule has 0 aromatic heterocycles. The van der Waals surface area contributed by atoms with Crippen molar-refractivity contribution in [3.05, 3.63) is 0 Å². The molecule has 0 N–H and O–H groups in total. The van der Waals surface area contributed by atoms with Crippen LogP contribution < -0.4 is 0 Å². The van der Waals surface area contributed by atoms with Crippen molar-refractivity contribution in [2.75, 3.05) is 6.26 Å². The van der Waals surface area contributed by atoms with Gasteiger partial charge in [0.05, 0.1) is 6.26 Å². The molecule has 0 aromatic carbocycles.